The van der Waals surface area contributed by atoms with Crippen LogP contribution in [0.5, 0.6) is 0 Å². The minimum absolute atomic E-state index is 0.0501. The fraction of sp³-hybridized carbons (Fsp3) is 0.188. The van der Waals surface area contributed by atoms with Crippen LogP contribution >= 0.6 is 11.6 Å². The third-order valence-electron chi connectivity index (χ3n) is 3.36. The number of aliphatic hydroxyl groups excluding tert-OH is 1. The van der Waals surface area contributed by atoms with E-state index in [0.717, 1.165) is 12.1 Å². The fourth-order valence-corrected chi connectivity index (χ4v) is 2.27. The first-order chi connectivity index (χ1) is 10.7. The zero-order valence-corrected chi connectivity index (χ0v) is 12.5. The van der Waals surface area contributed by atoms with Gasteiger partial charge >= 0.3 is 0 Å². The first-order valence-electron chi connectivity index (χ1n) is 6.61. The molecule has 1 unspecified atom stereocenters. The summed E-state index contributed by atoms with van der Waals surface area (Å²) in [7, 11) is 0. The lowest BCUT2D eigenvalue weighted by atomic mass is 9.96. The summed E-state index contributed by atoms with van der Waals surface area (Å²) >= 11 is 5.67. The molecular weight excluding hydrogens is 331 g/mol. The highest BCUT2D eigenvalue weighted by atomic mass is 35.5. The van der Waals surface area contributed by atoms with Crippen LogP contribution in [0.4, 0.5) is 13.2 Å². The summed E-state index contributed by atoms with van der Waals surface area (Å²) in [4.78, 5) is 11.1. The normalized spacial score (nSPS) is 12.9. The van der Waals surface area contributed by atoms with Crippen LogP contribution in [-0.4, -0.2) is 16.9 Å². The number of alkyl halides is 2. The van der Waals surface area contributed by atoms with Crippen LogP contribution in [-0.2, 0) is 6.42 Å². The molecule has 2 rings (SSSR count). The minimum atomic E-state index is -3.65. The van der Waals surface area contributed by atoms with Crippen molar-refractivity contribution in [3.05, 3.63) is 70.0 Å². The highest BCUT2D eigenvalue weighted by molar-refractivity contribution is 6.30. The molecule has 122 valence electrons. The molecule has 1 atom stereocenters. The summed E-state index contributed by atoms with van der Waals surface area (Å²) in [5.74, 6) is -5.81. The van der Waals surface area contributed by atoms with Gasteiger partial charge in [-0.05, 0) is 29.3 Å². The highest BCUT2D eigenvalue weighted by Crippen LogP contribution is 2.35. The first kappa shape index (κ1) is 17.3. The molecule has 0 saturated carbocycles. The first-order valence-corrected chi connectivity index (χ1v) is 6.98. The molecule has 0 bridgehead atoms. The maximum atomic E-state index is 14.2. The van der Waals surface area contributed by atoms with Gasteiger partial charge in [0.15, 0.2) is 0 Å². The van der Waals surface area contributed by atoms with Crippen LogP contribution < -0.4 is 5.73 Å². The van der Waals surface area contributed by atoms with Crippen molar-refractivity contribution in [3.8, 4) is 0 Å². The van der Waals surface area contributed by atoms with Crippen molar-refractivity contribution in [1.29, 1.82) is 0 Å². The smallest absolute Gasteiger partial charge is 0.281 e. The maximum Gasteiger partial charge on any atom is 0.281 e. The Morgan fingerprint density at radius 2 is 1.83 bits per heavy atom. The topological polar surface area (TPSA) is 63.3 Å². The molecule has 1 amide bonds. The average molecular weight is 344 g/mol. The van der Waals surface area contributed by atoms with Crippen molar-refractivity contribution in [3.63, 3.8) is 0 Å². The molecule has 0 saturated heterocycles. The number of hydrogen-bond acceptors (Lipinski definition) is 2. The number of rotatable bonds is 5. The van der Waals surface area contributed by atoms with Gasteiger partial charge in [0.2, 0.25) is 0 Å². The van der Waals surface area contributed by atoms with Gasteiger partial charge in [-0.25, -0.2) is 13.2 Å². The Hall–Kier alpha value is -2.05. The van der Waals surface area contributed by atoms with Gasteiger partial charge in [-0.2, -0.15) is 0 Å². The van der Waals surface area contributed by atoms with Crippen molar-refractivity contribution < 1.29 is 23.1 Å². The number of hydrogen-bond donors (Lipinski definition) is 2. The second-order valence-corrected chi connectivity index (χ2v) is 5.47. The molecule has 7 heteroatoms. The molecule has 0 heterocycles. The molecule has 3 nitrogen and oxygen atoms in total. The number of aliphatic hydroxyl groups is 1. The van der Waals surface area contributed by atoms with Gasteiger partial charge in [-0.15, -0.1) is 0 Å². The van der Waals surface area contributed by atoms with Crippen LogP contribution in [0, 0.1) is 5.82 Å². The van der Waals surface area contributed by atoms with Crippen LogP contribution in [0.15, 0.2) is 42.5 Å². The number of carbonyl (C=O) groups is 1. The molecule has 3 N–H and O–H groups in total. The Kier molecular flexibility index (Phi) is 4.97. The Morgan fingerprint density at radius 3 is 2.39 bits per heavy atom. The van der Waals surface area contributed by atoms with Gasteiger partial charge in [-0.1, -0.05) is 35.9 Å². The number of benzene rings is 2. The van der Waals surface area contributed by atoms with Gasteiger partial charge in [0.25, 0.3) is 11.8 Å². The van der Waals surface area contributed by atoms with Gasteiger partial charge in [0.05, 0.1) is 5.56 Å². The molecule has 2 aromatic carbocycles. The zero-order chi connectivity index (χ0) is 17.2. The van der Waals surface area contributed by atoms with E-state index in [0.29, 0.717) is 5.02 Å². The summed E-state index contributed by atoms with van der Waals surface area (Å²) in [6.07, 6.45) is -3.22. The van der Waals surface area contributed by atoms with E-state index < -0.39 is 41.3 Å². The molecule has 0 aliphatic rings. The van der Waals surface area contributed by atoms with Crippen LogP contribution in [0.2, 0.25) is 5.02 Å². The lowest BCUT2D eigenvalue weighted by molar-refractivity contribution is -0.110. The molecule has 0 aliphatic heterocycles. The Bertz CT molecular complexity index is 720. The third kappa shape index (κ3) is 3.83. The van der Waals surface area contributed by atoms with Gasteiger partial charge in [0.1, 0.15) is 11.9 Å². The third-order valence-corrected chi connectivity index (χ3v) is 3.61. The van der Waals surface area contributed by atoms with Gasteiger partial charge in [0, 0.05) is 11.4 Å². The predicted molar refractivity (Wildman–Crippen MR) is 80.0 cm³/mol. The van der Waals surface area contributed by atoms with Crippen LogP contribution in [0.1, 0.15) is 27.6 Å². The van der Waals surface area contributed by atoms with E-state index in [9.17, 15) is 23.1 Å². The molecule has 0 radical (unpaired) electrons. The fourth-order valence-electron chi connectivity index (χ4n) is 2.15. The lowest BCUT2D eigenvalue weighted by Gasteiger charge is -2.23. The second-order valence-electron chi connectivity index (χ2n) is 5.03. The van der Waals surface area contributed by atoms with E-state index in [1.165, 1.54) is 30.3 Å². The van der Waals surface area contributed by atoms with Gasteiger partial charge in [-0.3, -0.25) is 4.79 Å². The van der Waals surface area contributed by atoms with E-state index in [-0.39, 0.29) is 5.56 Å². The van der Waals surface area contributed by atoms with Crippen molar-refractivity contribution in [1.82, 2.24) is 0 Å². The molecule has 0 fully saturated rings. The molecule has 0 aliphatic carbocycles. The zero-order valence-electron chi connectivity index (χ0n) is 11.8. The molecule has 2 aromatic rings. The molecule has 0 spiro atoms. The predicted octanol–water partition coefficient (Wildman–Crippen LogP) is 3.49. The Balaban J connectivity index is 2.29. The van der Waals surface area contributed by atoms with Crippen molar-refractivity contribution in [2.75, 3.05) is 0 Å². The van der Waals surface area contributed by atoms with Crippen LogP contribution in [0.25, 0.3) is 0 Å². The maximum absolute atomic E-state index is 14.2. The second kappa shape index (κ2) is 6.60. The highest BCUT2D eigenvalue weighted by Gasteiger charge is 2.40. The van der Waals surface area contributed by atoms with Crippen molar-refractivity contribution in [2.24, 2.45) is 5.73 Å². The Morgan fingerprint density at radius 1 is 1.22 bits per heavy atom. The van der Waals surface area contributed by atoms with Gasteiger partial charge < -0.3 is 10.8 Å². The standard InChI is InChI=1S/C16H13ClF3NO2/c17-11-6-4-9(5-7-11)14(22)16(19,20)8-10-2-1-3-12(13(10)18)15(21)23/h1-7,14,22H,8H2,(H2,21,23). The van der Waals surface area contributed by atoms with E-state index >= 15 is 0 Å². The van der Waals surface area contributed by atoms with Crippen molar-refractivity contribution >= 4 is 17.5 Å². The monoisotopic (exact) mass is 343 g/mol. The molecular formula is C16H13ClF3NO2. The lowest BCUT2D eigenvalue weighted by Crippen LogP contribution is -2.29. The van der Waals surface area contributed by atoms with Crippen molar-refractivity contribution in [2.45, 2.75) is 18.4 Å². The minimum Gasteiger partial charge on any atom is -0.382 e. The Labute approximate surface area is 135 Å². The average Bonchev–Trinajstić information content (AvgIpc) is 2.49. The summed E-state index contributed by atoms with van der Waals surface area (Å²) in [5, 5.41) is 10.2. The van der Waals surface area contributed by atoms with Crippen LogP contribution in [0.3, 0.4) is 0 Å². The number of amides is 1. The summed E-state index contributed by atoms with van der Waals surface area (Å²) < 4.78 is 42.5. The van der Waals surface area contributed by atoms with E-state index in [1.807, 2.05) is 0 Å². The quantitative estimate of drug-likeness (QED) is 0.873. The SMILES string of the molecule is NC(=O)c1cccc(CC(F)(F)C(O)c2ccc(Cl)cc2)c1F. The summed E-state index contributed by atoms with van der Waals surface area (Å²) in [6, 6.07) is 8.73. The number of nitrogens with two attached hydrogens (primary N) is 1. The number of halogens is 4. The largest absolute Gasteiger partial charge is 0.382 e. The van der Waals surface area contributed by atoms with E-state index in [1.54, 1.807) is 0 Å². The number of carbonyl (C=O) groups excluding carboxylic acids is 1. The molecule has 23 heavy (non-hydrogen) atoms. The summed E-state index contributed by atoms with van der Waals surface area (Å²) in [5.41, 5.74) is 4.06. The van der Waals surface area contributed by atoms with E-state index in [4.69, 9.17) is 17.3 Å². The summed E-state index contributed by atoms with van der Waals surface area (Å²) in [6.45, 7) is 0. The number of primary amides is 1. The molecule has 0 aromatic heterocycles. The van der Waals surface area contributed by atoms with E-state index in [2.05, 4.69) is 0 Å².